The number of benzene rings is 3. The zero-order valence-electron chi connectivity index (χ0n) is 24.9. The van der Waals surface area contributed by atoms with Gasteiger partial charge < -0.3 is 19.9 Å². The van der Waals surface area contributed by atoms with Crippen molar-refractivity contribution in [3.8, 4) is 5.75 Å². The second-order valence-electron chi connectivity index (χ2n) is 10.6. The number of ether oxygens (including phenoxy) is 1. The number of likely N-dealkylation sites (N-methyl/N-ethyl adjacent to an activating group) is 1. The SMILES string of the molecule is Cc1ccc2cccc(OCc3c(Cl)ccc(N(C)C(=O)CNC(=O)C=Cc4ccc(C(=O)N5CC=CCC5)cc4)c3Cl)c2n1. The Morgan fingerprint density at radius 1 is 1.02 bits per heavy atom. The van der Waals surface area contributed by atoms with Crippen LogP contribution in [-0.4, -0.2) is 54.3 Å². The highest BCUT2D eigenvalue weighted by atomic mass is 35.5. The fourth-order valence-electron chi connectivity index (χ4n) is 4.85. The number of nitrogens with zero attached hydrogens (tertiary/aromatic N) is 3. The van der Waals surface area contributed by atoms with Crippen LogP contribution >= 0.6 is 23.2 Å². The van der Waals surface area contributed by atoms with E-state index in [1.165, 1.54) is 11.0 Å². The van der Waals surface area contributed by atoms with Crippen LogP contribution in [0.25, 0.3) is 17.0 Å². The normalized spacial score (nSPS) is 12.8. The molecule has 0 saturated carbocycles. The van der Waals surface area contributed by atoms with Gasteiger partial charge in [0.1, 0.15) is 17.9 Å². The summed E-state index contributed by atoms with van der Waals surface area (Å²) in [5, 5.41) is 4.22. The highest BCUT2D eigenvalue weighted by Crippen LogP contribution is 2.35. The molecule has 0 spiro atoms. The molecule has 0 fully saturated rings. The molecule has 4 aromatic rings. The van der Waals surface area contributed by atoms with Gasteiger partial charge in [0.25, 0.3) is 5.91 Å². The van der Waals surface area contributed by atoms with Crippen molar-refractivity contribution in [3.63, 3.8) is 0 Å². The van der Waals surface area contributed by atoms with Crippen molar-refractivity contribution >= 4 is 63.6 Å². The molecule has 230 valence electrons. The quantitative estimate of drug-likeness (QED) is 0.164. The number of aromatic nitrogens is 1. The fraction of sp³-hybridized carbons (Fsp3) is 0.200. The lowest BCUT2D eigenvalue weighted by Gasteiger charge is -2.23. The first kappa shape index (κ1) is 31.8. The second-order valence-corrected chi connectivity index (χ2v) is 11.4. The number of para-hydroxylation sites is 1. The van der Waals surface area contributed by atoms with Crippen molar-refractivity contribution < 1.29 is 19.1 Å². The van der Waals surface area contributed by atoms with Gasteiger partial charge in [-0.05, 0) is 61.4 Å². The van der Waals surface area contributed by atoms with Crippen molar-refractivity contribution in [2.24, 2.45) is 0 Å². The average molecular weight is 644 g/mol. The summed E-state index contributed by atoms with van der Waals surface area (Å²) in [6.07, 6.45) is 7.88. The van der Waals surface area contributed by atoms with Crippen LogP contribution in [0.15, 0.2) is 85.0 Å². The van der Waals surface area contributed by atoms with Crippen LogP contribution in [0.3, 0.4) is 0 Å². The van der Waals surface area contributed by atoms with Crippen molar-refractivity contribution in [2.75, 3.05) is 31.6 Å². The molecule has 0 radical (unpaired) electrons. The number of carbonyl (C=O) groups is 3. The molecule has 5 rings (SSSR count). The van der Waals surface area contributed by atoms with Crippen LogP contribution in [0, 0.1) is 6.92 Å². The van der Waals surface area contributed by atoms with Crippen LogP contribution < -0.4 is 15.0 Å². The smallest absolute Gasteiger partial charge is 0.254 e. The summed E-state index contributed by atoms with van der Waals surface area (Å²) in [6.45, 7) is 3.04. The molecular weight excluding hydrogens is 611 g/mol. The molecule has 0 saturated heterocycles. The number of anilines is 1. The Hall–Kier alpha value is -4.66. The Labute approximate surface area is 271 Å². The third-order valence-corrected chi connectivity index (χ3v) is 8.22. The maximum Gasteiger partial charge on any atom is 0.254 e. The number of rotatable bonds is 9. The summed E-state index contributed by atoms with van der Waals surface area (Å²) in [4.78, 5) is 45.8. The first-order valence-electron chi connectivity index (χ1n) is 14.4. The Balaban J connectivity index is 1.17. The van der Waals surface area contributed by atoms with Crippen molar-refractivity contribution in [2.45, 2.75) is 20.0 Å². The Morgan fingerprint density at radius 3 is 2.58 bits per heavy atom. The number of nitrogens with one attached hydrogen (secondary N) is 1. The van der Waals surface area contributed by atoms with Gasteiger partial charge in [-0.3, -0.25) is 14.4 Å². The van der Waals surface area contributed by atoms with Crippen molar-refractivity contribution in [3.05, 3.63) is 117 Å². The van der Waals surface area contributed by atoms with E-state index in [0.29, 0.717) is 40.7 Å². The third-order valence-electron chi connectivity index (χ3n) is 7.44. The highest BCUT2D eigenvalue weighted by molar-refractivity contribution is 6.38. The Kier molecular flexibility index (Phi) is 10.2. The number of amides is 3. The molecule has 0 unspecified atom stereocenters. The number of carbonyl (C=O) groups excluding carboxylic acids is 3. The zero-order valence-corrected chi connectivity index (χ0v) is 26.4. The van der Waals surface area contributed by atoms with Gasteiger partial charge in [-0.1, -0.05) is 65.7 Å². The van der Waals surface area contributed by atoms with E-state index in [4.69, 9.17) is 27.9 Å². The lowest BCUT2D eigenvalue weighted by atomic mass is 10.1. The summed E-state index contributed by atoms with van der Waals surface area (Å²) in [5.74, 6) is -0.245. The minimum Gasteiger partial charge on any atom is -0.487 e. The number of hydrogen-bond donors (Lipinski definition) is 1. The summed E-state index contributed by atoms with van der Waals surface area (Å²) < 4.78 is 6.08. The number of fused-ring (bicyclic) bond motifs is 1. The number of aryl methyl sites for hydroxylation is 1. The molecule has 10 heteroatoms. The largest absolute Gasteiger partial charge is 0.487 e. The molecule has 45 heavy (non-hydrogen) atoms. The van der Waals surface area contributed by atoms with Crippen LogP contribution in [0.1, 0.15) is 33.6 Å². The van der Waals surface area contributed by atoms with Gasteiger partial charge in [-0.25, -0.2) is 4.98 Å². The molecule has 0 atom stereocenters. The molecule has 8 nitrogen and oxygen atoms in total. The predicted octanol–water partition coefficient (Wildman–Crippen LogP) is 6.62. The minimum absolute atomic E-state index is 0.0205. The Bertz CT molecular complexity index is 1800. The first-order chi connectivity index (χ1) is 21.7. The van der Waals surface area contributed by atoms with E-state index in [9.17, 15) is 14.4 Å². The van der Waals surface area contributed by atoms with Crippen molar-refractivity contribution in [1.29, 1.82) is 0 Å². The van der Waals surface area contributed by atoms with Gasteiger partial charge >= 0.3 is 0 Å². The summed E-state index contributed by atoms with van der Waals surface area (Å²) >= 11 is 13.2. The monoisotopic (exact) mass is 642 g/mol. The molecule has 3 aromatic carbocycles. The zero-order chi connectivity index (χ0) is 31.9. The van der Waals surface area contributed by atoms with Crippen LogP contribution in [0.2, 0.25) is 10.0 Å². The average Bonchev–Trinajstić information content (AvgIpc) is 3.06. The molecule has 2 heterocycles. The maximum atomic E-state index is 13.0. The van der Waals surface area contributed by atoms with Gasteiger partial charge in [0, 0.05) is 53.4 Å². The lowest BCUT2D eigenvalue weighted by molar-refractivity contribution is -0.122. The molecular formula is C35H32Cl2N4O4. The molecule has 0 bridgehead atoms. The topological polar surface area (TPSA) is 91.8 Å². The maximum absolute atomic E-state index is 13.0. The summed E-state index contributed by atoms with van der Waals surface area (Å²) in [5.41, 5.74) is 3.89. The summed E-state index contributed by atoms with van der Waals surface area (Å²) in [7, 11) is 1.57. The number of hydrogen-bond acceptors (Lipinski definition) is 5. The van der Waals surface area contributed by atoms with Gasteiger partial charge in [0.15, 0.2) is 0 Å². The van der Waals surface area contributed by atoms with Crippen LogP contribution in [0.4, 0.5) is 5.69 Å². The third kappa shape index (κ3) is 7.71. The number of halogens is 2. The molecule has 3 amide bonds. The summed E-state index contributed by atoms with van der Waals surface area (Å²) in [6, 6.07) is 19.9. The van der Waals surface area contributed by atoms with Crippen LogP contribution in [0.5, 0.6) is 5.75 Å². The minimum atomic E-state index is -0.438. The van der Waals surface area contributed by atoms with Gasteiger partial charge in [0.05, 0.1) is 17.3 Å². The molecule has 1 aromatic heterocycles. The van der Waals surface area contributed by atoms with Gasteiger partial charge in [0.2, 0.25) is 11.8 Å². The van der Waals surface area contributed by atoms with E-state index in [1.807, 2.05) is 43.3 Å². The Morgan fingerprint density at radius 2 is 1.82 bits per heavy atom. The van der Waals surface area contributed by atoms with Gasteiger partial charge in [-0.15, -0.1) is 0 Å². The van der Waals surface area contributed by atoms with Gasteiger partial charge in [-0.2, -0.15) is 0 Å². The fourth-order valence-corrected chi connectivity index (χ4v) is 5.46. The lowest BCUT2D eigenvalue weighted by Crippen LogP contribution is -2.37. The molecule has 1 aliphatic rings. The number of pyridine rings is 1. The van der Waals surface area contributed by atoms with E-state index in [0.717, 1.165) is 28.6 Å². The van der Waals surface area contributed by atoms with E-state index < -0.39 is 5.91 Å². The van der Waals surface area contributed by atoms with E-state index in [-0.39, 0.29) is 30.0 Å². The first-order valence-corrected chi connectivity index (χ1v) is 15.2. The molecule has 1 aliphatic heterocycles. The molecule has 1 N–H and O–H groups in total. The second kappa shape index (κ2) is 14.4. The standard InChI is InChI=1S/C35H32Cl2N4O4/c1-23-9-13-25-7-6-8-30(34(25)39-23)45-22-27-28(36)16-17-29(33(27)37)40(2)32(43)21-38-31(42)18-12-24-10-14-26(15-11-24)35(44)41-19-4-3-5-20-41/h3-4,6-18H,5,19-22H2,1-2H3,(H,38,42). The molecule has 0 aliphatic carbocycles. The highest BCUT2D eigenvalue weighted by Gasteiger charge is 2.20. The van der Waals surface area contributed by atoms with E-state index >= 15 is 0 Å². The van der Waals surface area contributed by atoms with Crippen molar-refractivity contribution in [1.82, 2.24) is 15.2 Å². The van der Waals surface area contributed by atoms with E-state index in [1.54, 1.807) is 54.4 Å². The predicted molar refractivity (Wildman–Crippen MR) is 179 cm³/mol. The van der Waals surface area contributed by atoms with E-state index in [2.05, 4.69) is 16.4 Å². The van der Waals surface area contributed by atoms with Crippen LogP contribution in [-0.2, 0) is 16.2 Å².